The molecule has 0 saturated heterocycles. The topological polar surface area (TPSA) is 78.3 Å². The van der Waals surface area contributed by atoms with E-state index in [1.165, 1.54) is 11.8 Å². The number of carbonyl (C=O) groups is 1. The molecule has 1 N–H and O–H groups in total. The van der Waals surface area contributed by atoms with Gasteiger partial charge in [-0.25, -0.2) is 0 Å². The summed E-state index contributed by atoms with van der Waals surface area (Å²) in [4.78, 5) is 12.4. The second-order valence-electron chi connectivity index (χ2n) is 6.00. The largest absolute Gasteiger partial charge is 0.497 e. The van der Waals surface area contributed by atoms with Crippen molar-refractivity contribution in [2.24, 2.45) is 0 Å². The molecule has 0 atom stereocenters. The first-order valence-electron chi connectivity index (χ1n) is 8.89. The molecule has 1 aromatic heterocycles. The first-order valence-corrected chi connectivity index (χ1v) is 10.2. The Morgan fingerprint density at radius 1 is 1.14 bits per heavy atom. The Kier molecular flexibility index (Phi) is 7.00. The van der Waals surface area contributed by atoms with Crippen molar-refractivity contribution in [3.63, 3.8) is 0 Å². The zero-order valence-electron chi connectivity index (χ0n) is 16.3. The minimum atomic E-state index is -0.166. The lowest BCUT2D eigenvalue weighted by atomic mass is 10.2. The molecule has 0 spiro atoms. The Labute approximate surface area is 178 Å². The lowest BCUT2D eigenvalue weighted by Crippen LogP contribution is -2.14. The second kappa shape index (κ2) is 9.67. The van der Waals surface area contributed by atoms with Crippen molar-refractivity contribution in [1.29, 1.82) is 0 Å². The predicted octanol–water partition coefficient (Wildman–Crippen LogP) is 4.37. The predicted molar refractivity (Wildman–Crippen MR) is 115 cm³/mol. The molecule has 0 saturated carbocycles. The van der Waals surface area contributed by atoms with Crippen molar-refractivity contribution >= 4 is 35.0 Å². The zero-order valence-corrected chi connectivity index (χ0v) is 17.9. The Hall–Kier alpha value is -2.71. The van der Waals surface area contributed by atoms with Crippen molar-refractivity contribution < 1.29 is 14.3 Å². The van der Waals surface area contributed by atoms with Crippen LogP contribution in [0.4, 0.5) is 5.69 Å². The van der Waals surface area contributed by atoms with E-state index >= 15 is 0 Å². The van der Waals surface area contributed by atoms with Crippen LogP contribution in [0.15, 0.2) is 47.6 Å². The number of amides is 1. The Morgan fingerprint density at radius 2 is 1.86 bits per heavy atom. The van der Waals surface area contributed by atoms with Crippen LogP contribution in [-0.2, 0) is 11.3 Å². The maximum Gasteiger partial charge on any atom is 0.234 e. The van der Waals surface area contributed by atoms with Gasteiger partial charge in [-0.05, 0) is 19.1 Å². The average Bonchev–Trinajstić information content (AvgIpc) is 3.14. The first-order chi connectivity index (χ1) is 14.0. The summed E-state index contributed by atoms with van der Waals surface area (Å²) in [7, 11) is 3.12. The van der Waals surface area contributed by atoms with Crippen LogP contribution in [0, 0.1) is 0 Å². The number of benzene rings is 2. The highest BCUT2D eigenvalue weighted by Gasteiger charge is 2.15. The highest BCUT2D eigenvalue weighted by molar-refractivity contribution is 7.99. The van der Waals surface area contributed by atoms with Crippen LogP contribution >= 0.6 is 23.4 Å². The van der Waals surface area contributed by atoms with Gasteiger partial charge in [0, 0.05) is 41.0 Å². The number of anilines is 1. The van der Waals surface area contributed by atoms with Crippen molar-refractivity contribution in [2.75, 3.05) is 25.3 Å². The number of hydrogen-bond acceptors (Lipinski definition) is 6. The molecule has 1 amide bonds. The molecule has 0 fully saturated rings. The van der Waals surface area contributed by atoms with Gasteiger partial charge < -0.3 is 19.4 Å². The van der Waals surface area contributed by atoms with E-state index in [1.54, 1.807) is 32.4 Å². The summed E-state index contributed by atoms with van der Waals surface area (Å²) in [6.07, 6.45) is 0. The molecule has 0 aliphatic heterocycles. The summed E-state index contributed by atoms with van der Waals surface area (Å²) >= 11 is 7.41. The minimum absolute atomic E-state index is 0.166. The minimum Gasteiger partial charge on any atom is -0.497 e. The number of hydrogen-bond donors (Lipinski definition) is 1. The molecule has 0 aliphatic carbocycles. The van der Waals surface area contributed by atoms with Gasteiger partial charge in [-0.15, -0.1) is 10.2 Å². The molecule has 0 bridgehead atoms. The Morgan fingerprint density at radius 3 is 2.48 bits per heavy atom. The van der Waals surface area contributed by atoms with Crippen molar-refractivity contribution in [3.8, 4) is 22.9 Å². The number of thioether (sulfide) groups is 1. The molecular formula is C20H21ClN4O3S. The summed E-state index contributed by atoms with van der Waals surface area (Å²) < 4.78 is 12.4. The molecule has 0 radical (unpaired) electrons. The SMILES string of the molecule is CCn1c(SCC(=O)Nc2cc(OC)cc(OC)c2)nnc1-c1cccc(Cl)c1. The summed E-state index contributed by atoms with van der Waals surface area (Å²) in [5.74, 6) is 1.94. The van der Waals surface area contributed by atoms with Gasteiger partial charge in [-0.2, -0.15) is 0 Å². The Bertz CT molecular complexity index is 987. The van der Waals surface area contributed by atoms with Gasteiger partial charge in [0.05, 0.1) is 20.0 Å². The summed E-state index contributed by atoms with van der Waals surface area (Å²) in [6, 6.07) is 12.7. The van der Waals surface area contributed by atoms with E-state index in [9.17, 15) is 4.79 Å². The van der Waals surface area contributed by atoms with E-state index in [2.05, 4.69) is 15.5 Å². The highest BCUT2D eigenvalue weighted by atomic mass is 35.5. The molecule has 2 aromatic carbocycles. The molecule has 1 heterocycles. The van der Waals surface area contributed by atoms with Crippen LogP contribution in [0.1, 0.15) is 6.92 Å². The van der Waals surface area contributed by atoms with Crippen LogP contribution in [0.2, 0.25) is 5.02 Å². The molecule has 152 valence electrons. The number of halogens is 1. The van der Waals surface area contributed by atoms with Gasteiger partial charge in [0.15, 0.2) is 11.0 Å². The van der Waals surface area contributed by atoms with Crippen LogP contribution in [0.25, 0.3) is 11.4 Å². The normalized spacial score (nSPS) is 10.6. The van der Waals surface area contributed by atoms with Gasteiger partial charge in [-0.3, -0.25) is 4.79 Å². The van der Waals surface area contributed by atoms with E-state index in [4.69, 9.17) is 21.1 Å². The number of ether oxygens (including phenoxy) is 2. The smallest absolute Gasteiger partial charge is 0.234 e. The fraction of sp³-hybridized carbons (Fsp3) is 0.250. The zero-order chi connectivity index (χ0) is 20.8. The van der Waals surface area contributed by atoms with E-state index < -0.39 is 0 Å². The van der Waals surface area contributed by atoms with Gasteiger partial charge in [-0.1, -0.05) is 35.5 Å². The third-order valence-electron chi connectivity index (χ3n) is 4.08. The summed E-state index contributed by atoms with van der Waals surface area (Å²) in [5, 5.41) is 12.7. The first kappa shape index (κ1) is 21.0. The number of aromatic nitrogens is 3. The van der Waals surface area contributed by atoms with Crippen molar-refractivity contribution in [3.05, 3.63) is 47.5 Å². The molecular weight excluding hydrogens is 412 g/mol. The molecule has 0 unspecified atom stereocenters. The van der Waals surface area contributed by atoms with Crippen LogP contribution in [-0.4, -0.2) is 40.6 Å². The number of methoxy groups -OCH3 is 2. The van der Waals surface area contributed by atoms with E-state index in [-0.39, 0.29) is 11.7 Å². The van der Waals surface area contributed by atoms with Gasteiger partial charge >= 0.3 is 0 Å². The molecule has 29 heavy (non-hydrogen) atoms. The maximum atomic E-state index is 12.4. The van der Waals surface area contributed by atoms with Crippen LogP contribution in [0.3, 0.4) is 0 Å². The molecule has 3 rings (SSSR count). The van der Waals surface area contributed by atoms with Crippen molar-refractivity contribution in [2.45, 2.75) is 18.6 Å². The Balaban J connectivity index is 1.69. The van der Waals surface area contributed by atoms with Gasteiger partial charge in [0.2, 0.25) is 5.91 Å². The van der Waals surface area contributed by atoms with Crippen LogP contribution < -0.4 is 14.8 Å². The summed E-state index contributed by atoms with van der Waals surface area (Å²) in [6.45, 7) is 2.68. The molecule has 7 nitrogen and oxygen atoms in total. The fourth-order valence-corrected chi connectivity index (χ4v) is 3.72. The number of carbonyl (C=O) groups excluding carboxylic acids is 1. The maximum absolute atomic E-state index is 12.4. The number of nitrogens with zero attached hydrogens (tertiary/aromatic N) is 3. The van der Waals surface area contributed by atoms with E-state index in [0.29, 0.717) is 33.9 Å². The molecule has 3 aromatic rings. The quantitative estimate of drug-likeness (QED) is 0.532. The molecule has 0 aliphatic rings. The third kappa shape index (κ3) is 5.21. The number of nitrogens with one attached hydrogen (secondary N) is 1. The monoisotopic (exact) mass is 432 g/mol. The standard InChI is InChI=1S/C20H21ClN4O3S/c1-4-25-19(13-6-5-7-14(21)8-13)23-24-20(25)29-12-18(26)22-15-9-16(27-2)11-17(10-15)28-3/h5-11H,4,12H2,1-3H3,(H,22,26). The van der Waals surface area contributed by atoms with E-state index in [1.807, 2.05) is 35.8 Å². The number of rotatable bonds is 8. The highest BCUT2D eigenvalue weighted by Crippen LogP contribution is 2.27. The average molecular weight is 433 g/mol. The van der Waals surface area contributed by atoms with E-state index in [0.717, 1.165) is 11.4 Å². The second-order valence-corrected chi connectivity index (χ2v) is 7.38. The lowest BCUT2D eigenvalue weighted by molar-refractivity contribution is -0.113. The van der Waals surface area contributed by atoms with Crippen LogP contribution in [0.5, 0.6) is 11.5 Å². The fourth-order valence-electron chi connectivity index (χ4n) is 2.73. The molecule has 9 heteroatoms. The summed E-state index contributed by atoms with van der Waals surface area (Å²) in [5.41, 5.74) is 1.48. The van der Waals surface area contributed by atoms with Gasteiger partial charge in [0.25, 0.3) is 0 Å². The van der Waals surface area contributed by atoms with Crippen molar-refractivity contribution in [1.82, 2.24) is 14.8 Å². The lowest BCUT2D eigenvalue weighted by Gasteiger charge is -2.10. The third-order valence-corrected chi connectivity index (χ3v) is 5.29. The van der Waals surface area contributed by atoms with Gasteiger partial charge in [0.1, 0.15) is 11.5 Å².